The van der Waals surface area contributed by atoms with Crippen LogP contribution in [0.25, 0.3) is 0 Å². The lowest BCUT2D eigenvalue weighted by atomic mass is 9.94. The molecule has 1 saturated carbocycles. The van der Waals surface area contributed by atoms with E-state index in [9.17, 15) is 4.79 Å². The molecule has 2 aromatic carbocycles. The molecule has 3 nitrogen and oxygen atoms in total. The van der Waals surface area contributed by atoms with Crippen LogP contribution in [0.4, 0.5) is 0 Å². The highest BCUT2D eigenvalue weighted by atomic mass is 16.5. The molecule has 24 heavy (non-hydrogen) atoms. The number of hydrogen-bond donors (Lipinski definition) is 0. The van der Waals surface area contributed by atoms with Crippen molar-refractivity contribution in [3.8, 4) is 0 Å². The highest BCUT2D eigenvalue weighted by Gasteiger charge is 2.39. The van der Waals surface area contributed by atoms with Crippen molar-refractivity contribution in [2.75, 3.05) is 6.54 Å². The fraction of sp³-hybridized carbons (Fsp3) is 0.381. The second-order valence-electron chi connectivity index (χ2n) is 6.71. The van der Waals surface area contributed by atoms with Gasteiger partial charge >= 0.3 is 0 Å². The monoisotopic (exact) mass is 321 g/mol. The summed E-state index contributed by atoms with van der Waals surface area (Å²) in [5, 5.41) is 0. The average Bonchev–Trinajstić information content (AvgIpc) is 3.36. The van der Waals surface area contributed by atoms with Crippen LogP contribution in [0, 0.1) is 0 Å². The molecule has 2 atom stereocenters. The van der Waals surface area contributed by atoms with Gasteiger partial charge in [-0.1, -0.05) is 60.7 Å². The Morgan fingerprint density at radius 2 is 1.54 bits per heavy atom. The van der Waals surface area contributed by atoms with Crippen molar-refractivity contribution in [3.63, 3.8) is 0 Å². The van der Waals surface area contributed by atoms with Crippen LogP contribution in [0.1, 0.15) is 49.0 Å². The number of hydrogen-bond acceptors (Lipinski definition) is 2. The third kappa shape index (κ3) is 3.22. The van der Waals surface area contributed by atoms with Gasteiger partial charge in [-0.25, -0.2) is 0 Å². The molecule has 0 radical (unpaired) electrons. The number of amides is 1. The Morgan fingerprint density at radius 1 is 0.917 bits per heavy atom. The van der Waals surface area contributed by atoms with Crippen molar-refractivity contribution >= 4 is 5.91 Å². The maximum absolute atomic E-state index is 12.5. The molecule has 1 amide bonds. The van der Waals surface area contributed by atoms with E-state index in [0.29, 0.717) is 12.5 Å². The quantitative estimate of drug-likeness (QED) is 0.795. The highest BCUT2D eigenvalue weighted by Crippen LogP contribution is 2.42. The molecule has 1 saturated heterocycles. The van der Waals surface area contributed by atoms with Crippen molar-refractivity contribution in [1.29, 1.82) is 0 Å². The normalized spacial score (nSPS) is 20.2. The number of ether oxygens (including phenoxy) is 1. The SMILES string of the molecule is O=C1CCCN1[C@@H](c1ccccc1)[C@H](OC1CC1)c1ccccc1. The van der Waals surface area contributed by atoms with Crippen molar-refractivity contribution in [2.45, 2.75) is 43.9 Å². The van der Waals surface area contributed by atoms with E-state index in [1.54, 1.807) is 0 Å². The summed E-state index contributed by atoms with van der Waals surface area (Å²) in [6.07, 6.45) is 4.06. The summed E-state index contributed by atoms with van der Waals surface area (Å²) >= 11 is 0. The van der Waals surface area contributed by atoms with Crippen LogP contribution in [0.15, 0.2) is 60.7 Å². The predicted octanol–water partition coefficient (Wildman–Crippen LogP) is 4.27. The molecule has 124 valence electrons. The molecular formula is C21H23NO2. The number of benzene rings is 2. The van der Waals surface area contributed by atoms with Gasteiger partial charge < -0.3 is 9.64 Å². The zero-order valence-corrected chi connectivity index (χ0v) is 13.8. The van der Waals surface area contributed by atoms with Gasteiger partial charge in [0.05, 0.1) is 12.1 Å². The van der Waals surface area contributed by atoms with Gasteiger partial charge in [-0.2, -0.15) is 0 Å². The van der Waals surface area contributed by atoms with E-state index in [1.807, 2.05) is 41.3 Å². The molecule has 2 fully saturated rings. The summed E-state index contributed by atoms with van der Waals surface area (Å²) in [5.74, 6) is 0.240. The minimum Gasteiger partial charge on any atom is -0.368 e. The Hall–Kier alpha value is -2.13. The number of nitrogens with zero attached hydrogens (tertiary/aromatic N) is 1. The van der Waals surface area contributed by atoms with Crippen molar-refractivity contribution < 1.29 is 9.53 Å². The Kier molecular flexibility index (Phi) is 4.35. The minimum atomic E-state index is -0.108. The van der Waals surface area contributed by atoms with Gasteiger partial charge in [0.1, 0.15) is 6.10 Å². The van der Waals surface area contributed by atoms with Gasteiger partial charge in [-0.05, 0) is 30.4 Å². The van der Waals surface area contributed by atoms with Crippen LogP contribution < -0.4 is 0 Å². The van der Waals surface area contributed by atoms with Crippen molar-refractivity contribution in [2.24, 2.45) is 0 Å². The molecular weight excluding hydrogens is 298 g/mol. The van der Waals surface area contributed by atoms with Crippen LogP contribution >= 0.6 is 0 Å². The van der Waals surface area contributed by atoms with E-state index in [4.69, 9.17) is 4.74 Å². The van der Waals surface area contributed by atoms with E-state index in [0.717, 1.165) is 36.9 Å². The van der Waals surface area contributed by atoms with Gasteiger partial charge in [-0.15, -0.1) is 0 Å². The smallest absolute Gasteiger partial charge is 0.223 e. The van der Waals surface area contributed by atoms with E-state index < -0.39 is 0 Å². The Balaban J connectivity index is 1.75. The first-order valence-corrected chi connectivity index (χ1v) is 8.88. The van der Waals surface area contributed by atoms with E-state index in [1.165, 1.54) is 0 Å². The summed E-state index contributed by atoms with van der Waals surface area (Å²) in [6, 6.07) is 20.6. The predicted molar refractivity (Wildman–Crippen MR) is 93.4 cm³/mol. The van der Waals surface area contributed by atoms with Gasteiger partial charge in [0.25, 0.3) is 0 Å². The average molecular weight is 321 g/mol. The van der Waals surface area contributed by atoms with Crippen molar-refractivity contribution in [3.05, 3.63) is 71.8 Å². The fourth-order valence-electron chi connectivity index (χ4n) is 3.52. The lowest BCUT2D eigenvalue weighted by molar-refractivity contribution is -0.134. The Morgan fingerprint density at radius 3 is 2.08 bits per heavy atom. The van der Waals surface area contributed by atoms with Crippen LogP contribution in [0.3, 0.4) is 0 Å². The molecule has 0 spiro atoms. The van der Waals surface area contributed by atoms with Crippen LogP contribution in [-0.4, -0.2) is 23.5 Å². The summed E-state index contributed by atoms with van der Waals surface area (Å²) < 4.78 is 6.43. The zero-order chi connectivity index (χ0) is 16.4. The summed E-state index contributed by atoms with van der Waals surface area (Å²) in [5.41, 5.74) is 2.31. The molecule has 0 N–H and O–H groups in total. The number of carbonyl (C=O) groups is 1. The van der Waals surface area contributed by atoms with Crippen LogP contribution in [0.2, 0.25) is 0 Å². The van der Waals surface area contributed by atoms with E-state index >= 15 is 0 Å². The van der Waals surface area contributed by atoms with Crippen molar-refractivity contribution in [1.82, 2.24) is 4.90 Å². The third-order valence-electron chi connectivity index (χ3n) is 4.87. The molecule has 1 aliphatic carbocycles. The van der Waals surface area contributed by atoms with Gasteiger partial charge in [-0.3, -0.25) is 4.79 Å². The summed E-state index contributed by atoms with van der Waals surface area (Å²) in [6.45, 7) is 0.815. The van der Waals surface area contributed by atoms with Crippen LogP contribution in [-0.2, 0) is 9.53 Å². The second-order valence-corrected chi connectivity index (χ2v) is 6.71. The van der Waals surface area contributed by atoms with E-state index in [2.05, 4.69) is 24.3 Å². The number of carbonyl (C=O) groups excluding carboxylic acids is 1. The third-order valence-corrected chi connectivity index (χ3v) is 4.87. The lowest BCUT2D eigenvalue weighted by Gasteiger charge is -2.35. The first-order chi connectivity index (χ1) is 11.8. The number of rotatable bonds is 6. The first-order valence-electron chi connectivity index (χ1n) is 8.88. The van der Waals surface area contributed by atoms with Crippen LogP contribution in [0.5, 0.6) is 0 Å². The first kappa shape index (κ1) is 15.4. The summed E-state index contributed by atoms with van der Waals surface area (Å²) in [4.78, 5) is 14.5. The van der Waals surface area contributed by atoms with E-state index in [-0.39, 0.29) is 18.1 Å². The molecule has 2 aromatic rings. The van der Waals surface area contributed by atoms with Gasteiger partial charge in [0.15, 0.2) is 0 Å². The molecule has 1 heterocycles. The summed E-state index contributed by atoms with van der Waals surface area (Å²) in [7, 11) is 0. The van der Waals surface area contributed by atoms with Gasteiger partial charge in [0.2, 0.25) is 5.91 Å². The largest absolute Gasteiger partial charge is 0.368 e. The maximum Gasteiger partial charge on any atom is 0.223 e. The molecule has 0 aromatic heterocycles. The molecule has 3 heteroatoms. The fourth-order valence-corrected chi connectivity index (χ4v) is 3.52. The minimum absolute atomic E-state index is 0.0517. The van der Waals surface area contributed by atoms with Gasteiger partial charge in [0, 0.05) is 13.0 Å². The zero-order valence-electron chi connectivity index (χ0n) is 13.8. The lowest BCUT2D eigenvalue weighted by Crippen LogP contribution is -2.35. The number of likely N-dealkylation sites (tertiary alicyclic amines) is 1. The standard InChI is InChI=1S/C21H23NO2/c23-19-12-7-15-22(19)20(16-8-3-1-4-9-16)21(24-18-13-14-18)17-10-5-2-6-11-17/h1-6,8-11,18,20-21H,7,12-15H2/t20-,21+/m0/s1. The molecule has 1 aliphatic heterocycles. The molecule has 4 rings (SSSR count). The maximum atomic E-state index is 12.5. The Labute approximate surface area is 143 Å². The molecule has 0 bridgehead atoms. The topological polar surface area (TPSA) is 29.5 Å². The second kappa shape index (κ2) is 6.78. The highest BCUT2D eigenvalue weighted by molar-refractivity contribution is 5.78. The Bertz CT molecular complexity index is 681. The molecule has 0 unspecified atom stereocenters. The molecule has 2 aliphatic rings.